The average Bonchev–Trinajstić information content (AvgIpc) is 3.38. The fourth-order valence-corrected chi connectivity index (χ4v) is 4.54. The Morgan fingerprint density at radius 2 is 2.03 bits per heavy atom. The molecule has 5 nitrogen and oxygen atoms in total. The summed E-state index contributed by atoms with van der Waals surface area (Å²) in [4.78, 5) is 20.8. The minimum absolute atomic E-state index is 0.242. The van der Waals surface area contributed by atoms with E-state index in [0.29, 0.717) is 17.6 Å². The third-order valence-corrected chi connectivity index (χ3v) is 6.57. The fraction of sp³-hybridized carbons (Fsp3) is 0.296. The summed E-state index contributed by atoms with van der Waals surface area (Å²) in [6, 6.07) is 8.46. The molecule has 0 bridgehead atoms. The molecule has 1 aliphatic rings. The third-order valence-electron chi connectivity index (χ3n) is 5.75. The lowest BCUT2D eigenvalue weighted by atomic mass is 9.91. The van der Waals surface area contributed by atoms with Gasteiger partial charge in [-0.1, -0.05) is 37.6 Å². The number of benzene rings is 1. The highest BCUT2D eigenvalue weighted by Crippen LogP contribution is 2.24. The molecule has 1 aliphatic carbocycles. The normalized spacial score (nSPS) is 17.9. The smallest absolute Gasteiger partial charge is 0.251 e. The first-order valence-electron chi connectivity index (χ1n) is 11.3. The number of halogens is 1. The highest BCUT2D eigenvalue weighted by Gasteiger charge is 2.26. The van der Waals surface area contributed by atoms with Gasteiger partial charge in [0.05, 0.1) is 17.8 Å². The summed E-state index contributed by atoms with van der Waals surface area (Å²) in [6.07, 6.45) is 9.89. The van der Waals surface area contributed by atoms with E-state index in [0.717, 1.165) is 41.1 Å². The number of carbonyl (C=O) groups excluding carboxylic acids is 1. The van der Waals surface area contributed by atoms with Gasteiger partial charge in [0, 0.05) is 34.5 Å². The average molecular weight is 480 g/mol. The maximum absolute atomic E-state index is 14.0. The van der Waals surface area contributed by atoms with Gasteiger partial charge >= 0.3 is 0 Å². The van der Waals surface area contributed by atoms with Crippen molar-refractivity contribution in [2.75, 3.05) is 0 Å². The molecule has 2 atom stereocenters. The molecular formula is C27H30FN3O2S. The van der Waals surface area contributed by atoms with Gasteiger partial charge in [-0.05, 0) is 56.5 Å². The number of nitrogens with zero attached hydrogens (tertiary/aromatic N) is 2. The molecule has 2 aromatic heterocycles. The monoisotopic (exact) mass is 479 g/mol. The number of thiazole rings is 1. The lowest BCUT2D eigenvalue weighted by molar-refractivity contribution is -0.117. The summed E-state index contributed by atoms with van der Waals surface area (Å²) in [5, 5.41) is 15.8. The molecule has 2 heterocycles. The van der Waals surface area contributed by atoms with E-state index < -0.39 is 11.9 Å². The Labute approximate surface area is 204 Å². The highest BCUT2D eigenvalue weighted by atomic mass is 32.1. The van der Waals surface area contributed by atoms with E-state index in [1.54, 1.807) is 55.7 Å². The van der Waals surface area contributed by atoms with Gasteiger partial charge in [0.1, 0.15) is 10.8 Å². The summed E-state index contributed by atoms with van der Waals surface area (Å²) in [7, 11) is 0. The number of hydrogen-bond acceptors (Lipinski definition) is 5. The lowest BCUT2D eigenvalue weighted by Gasteiger charge is -2.28. The zero-order valence-corrected chi connectivity index (χ0v) is 20.3. The summed E-state index contributed by atoms with van der Waals surface area (Å²) in [6.45, 7) is 7.15. The van der Waals surface area contributed by atoms with Crippen LogP contribution in [0.4, 0.5) is 4.39 Å². The number of nitrogens with one attached hydrogen (secondary N) is 1. The van der Waals surface area contributed by atoms with Crippen LogP contribution in [0.5, 0.6) is 0 Å². The van der Waals surface area contributed by atoms with E-state index in [4.69, 9.17) is 0 Å². The molecule has 1 aromatic carbocycles. The Bertz CT molecular complexity index is 1110. The molecule has 0 radical (unpaired) electrons. The van der Waals surface area contributed by atoms with E-state index in [1.807, 2.05) is 23.7 Å². The van der Waals surface area contributed by atoms with E-state index in [1.165, 1.54) is 6.07 Å². The second-order valence-electron chi connectivity index (χ2n) is 8.08. The zero-order chi connectivity index (χ0) is 24.5. The molecule has 0 saturated heterocycles. The van der Waals surface area contributed by atoms with E-state index in [-0.39, 0.29) is 11.9 Å². The number of pyridine rings is 1. The van der Waals surface area contributed by atoms with Crippen molar-refractivity contribution in [1.29, 1.82) is 0 Å². The number of aliphatic hydroxyl groups is 1. The number of hydrogen-bond donors (Lipinski definition) is 2. The van der Waals surface area contributed by atoms with Crippen LogP contribution in [0, 0.1) is 12.7 Å². The van der Waals surface area contributed by atoms with Crippen molar-refractivity contribution in [2.24, 2.45) is 0 Å². The largest absolute Gasteiger partial charge is 0.391 e. The van der Waals surface area contributed by atoms with Crippen molar-refractivity contribution >= 4 is 28.9 Å². The maximum atomic E-state index is 14.0. The van der Waals surface area contributed by atoms with Crippen molar-refractivity contribution in [3.05, 3.63) is 83.4 Å². The minimum atomic E-state index is -0.512. The summed E-state index contributed by atoms with van der Waals surface area (Å²) in [5.74, 6) is -0.723. The molecule has 4 rings (SSSR count). The first-order valence-corrected chi connectivity index (χ1v) is 12.2. The molecule has 0 spiro atoms. The summed E-state index contributed by atoms with van der Waals surface area (Å²) >= 11 is 1.61. The van der Waals surface area contributed by atoms with Crippen LogP contribution in [0.15, 0.2) is 60.8 Å². The topological polar surface area (TPSA) is 75.1 Å². The first kappa shape index (κ1) is 25.5. The summed E-state index contributed by atoms with van der Waals surface area (Å²) in [5.41, 5.74) is 3.33. The Morgan fingerprint density at radius 1 is 1.24 bits per heavy atom. The second kappa shape index (κ2) is 12.3. The SMILES string of the molecule is C/C=C(/C(=O)NC1CCCC[C@@H]1O)c1c(C)cccc1F.C=Cc1ccc(-c2nccs2)cn1. The number of amides is 1. The number of rotatable bonds is 5. The van der Waals surface area contributed by atoms with Gasteiger partial charge in [-0.15, -0.1) is 11.3 Å². The Kier molecular flexibility index (Phi) is 9.24. The molecule has 2 N–H and O–H groups in total. The predicted molar refractivity (Wildman–Crippen MR) is 137 cm³/mol. The van der Waals surface area contributed by atoms with Gasteiger partial charge in [0.25, 0.3) is 5.91 Å². The molecular weight excluding hydrogens is 449 g/mol. The standard InChI is InChI=1S/C17H22FNO2.C10H8N2S/c1-3-12(16-11(2)7-6-8-13(16)18)17(21)19-14-9-4-5-10-15(14)20;1-2-9-4-3-8(7-12-9)10-11-5-6-13-10/h3,6-8,14-15,20H,4-5,9-10H2,1-2H3,(H,19,21);2-7H,1H2/b12-3+;/t14?,15-;/m0./s1. The van der Waals surface area contributed by atoms with Crippen LogP contribution in [-0.4, -0.2) is 33.1 Å². The van der Waals surface area contributed by atoms with Crippen molar-refractivity contribution in [2.45, 2.75) is 51.7 Å². The fourth-order valence-electron chi connectivity index (χ4n) is 3.91. The molecule has 3 aromatic rings. The number of aliphatic hydroxyl groups excluding tert-OH is 1. The molecule has 0 aliphatic heterocycles. The van der Waals surface area contributed by atoms with Gasteiger partial charge in [-0.25, -0.2) is 9.37 Å². The van der Waals surface area contributed by atoms with Gasteiger partial charge in [0.2, 0.25) is 0 Å². The van der Waals surface area contributed by atoms with Gasteiger partial charge < -0.3 is 10.4 Å². The van der Waals surface area contributed by atoms with Crippen molar-refractivity contribution in [3.8, 4) is 10.6 Å². The molecule has 1 saturated carbocycles. The predicted octanol–water partition coefficient (Wildman–Crippen LogP) is 5.81. The molecule has 7 heteroatoms. The molecule has 178 valence electrons. The van der Waals surface area contributed by atoms with Gasteiger partial charge in [-0.3, -0.25) is 9.78 Å². The Hall–Kier alpha value is -3.16. The maximum Gasteiger partial charge on any atom is 0.251 e. The number of aryl methyl sites for hydroxylation is 1. The van der Waals surface area contributed by atoms with Crippen LogP contribution >= 0.6 is 11.3 Å². The minimum Gasteiger partial charge on any atom is -0.391 e. The number of aromatic nitrogens is 2. The van der Waals surface area contributed by atoms with Crippen molar-refractivity contribution in [3.63, 3.8) is 0 Å². The van der Waals surface area contributed by atoms with Crippen molar-refractivity contribution < 1.29 is 14.3 Å². The first-order chi connectivity index (χ1) is 16.4. The molecule has 1 unspecified atom stereocenters. The van der Waals surface area contributed by atoms with Crippen LogP contribution in [0.3, 0.4) is 0 Å². The van der Waals surface area contributed by atoms with E-state index in [2.05, 4.69) is 21.9 Å². The number of carbonyl (C=O) groups is 1. The highest BCUT2D eigenvalue weighted by molar-refractivity contribution is 7.13. The van der Waals surface area contributed by atoms with Crippen molar-refractivity contribution in [1.82, 2.24) is 15.3 Å². The molecule has 1 fully saturated rings. The Morgan fingerprint density at radius 3 is 2.62 bits per heavy atom. The van der Waals surface area contributed by atoms with Gasteiger partial charge in [0.15, 0.2) is 0 Å². The quantitative estimate of drug-likeness (QED) is 0.453. The molecule has 34 heavy (non-hydrogen) atoms. The Balaban J connectivity index is 0.000000212. The van der Waals surface area contributed by atoms with E-state index in [9.17, 15) is 14.3 Å². The van der Waals surface area contributed by atoms with Crippen LogP contribution in [0.2, 0.25) is 0 Å². The van der Waals surface area contributed by atoms with Crippen LogP contribution in [0.25, 0.3) is 22.2 Å². The lowest BCUT2D eigenvalue weighted by Crippen LogP contribution is -2.45. The third kappa shape index (κ3) is 6.46. The molecule has 1 amide bonds. The van der Waals surface area contributed by atoms with Crippen LogP contribution in [0.1, 0.15) is 49.4 Å². The zero-order valence-electron chi connectivity index (χ0n) is 19.5. The second-order valence-corrected chi connectivity index (χ2v) is 8.97. The van der Waals surface area contributed by atoms with Crippen LogP contribution < -0.4 is 5.32 Å². The van der Waals surface area contributed by atoms with Gasteiger partial charge in [-0.2, -0.15) is 0 Å². The van der Waals surface area contributed by atoms with Crippen LogP contribution in [-0.2, 0) is 4.79 Å². The summed E-state index contributed by atoms with van der Waals surface area (Å²) < 4.78 is 14.0. The van der Waals surface area contributed by atoms with E-state index >= 15 is 0 Å². The number of allylic oxidation sites excluding steroid dienone is 1.